The molecule has 1 aromatic rings. The van der Waals surface area contributed by atoms with Crippen molar-refractivity contribution in [3.8, 4) is 6.07 Å². The SMILES string of the molecule is N#Cc1cc(CNCC2CCC(O)C2)ccc1F. The molecule has 2 N–H and O–H groups in total. The first kappa shape index (κ1) is 13.0. The number of aliphatic hydroxyl groups excluding tert-OH is 1. The summed E-state index contributed by atoms with van der Waals surface area (Å²) >= 11 is 0. The Morgan fingerprint density at radius 3 is 2.94 bits per heavy atom. The van der Waals surface area contributed by atoms with Gasteiger partial charge in [0.15, 0.2) is 0 Å². The lowest BCUT2D eigenvalue weighted by Crippen LogP contribution is -2.21. The maximum absolute atomic E-state index is 13.1. The number of benzene rings is 1. The number of aliphatic hydroxyl groups is 1. The van der Waals surface area contributed by atoms with E-state index in [0.29, 0.717) is 12.5 Å². The standard InChI is InChI=1S/C14H17FN2O/c15-14-4-2-10(5-12(14)7-16)8-17-9-11-1-3-13(18)6-11/h2,4-5,11,13,17-18H,1,3,6,8-9H2. The Kier molecular flexibility index (Phi) is 4.29. The van der Waals surface area contributed by atoms with E-state index in [2.05, 4.69) is 5.32 Å². The van der Waals surface area contributed by atoms with Crippen LogP contribution >= 0.6 is 0 Å². The van der Waals surface area contributed by atoms with Crippen molar-refractivity contribution in [3.63, 3.8) is 0 Å². The quantitative estimate of drug-likeness (QED) is 0.856. The average molecular weight is 248 g/mol. The van der Waals surface area contributed by atoms with E-state index in [9.17, 15) is 9.50 Å². The topological polar surface area (TPSA) is 56.0 Å². The molecular weight excluding hydrogens is 231 g/mol. The largest absolute Gasteiger partial charge is 0.393 e. The molecule has 1 aliphatic rings. The van der Waals surface area contributed by atoms with E-state index in [1.807, 2.05) is 6.07 Å². The van der Waals surface area contributed by atoms with Crippen LogP contribution in [0.3, 0.4) is 0 Å². The summed E-state index contributed by atoms with van der Waals surface area (Å²) in [6, 6.07) is 6.43. The van der Waals surface area contributed by atoms with Crippen LogP contribution in [0.4, 0.5) is 4.39 Å². The molecule has 0 amide bonds. The number of hydrogen-bond donors (Lipinski definition) is 2. The highest BCUT2D eigenvalue weighted by molar-refractivity contribution is 5.34. The molecule has 2 rings (SSSR count). The average Bonchev–Trinajstić information content (AvgIpc) is 2.77. The number of rotatable bonds is 4. The number of nitrogens with zero attached hydrogens (tertiary/aromatic N) is 1. The molecule has 0 saturated heterocycles. The molecule has 2 atom stereocenters. The van der Waals surface area contributed by atoms with Gasteiger partial charge in [-0.25, -0.2) is 4.39 Å². The van der Waals surface area contributed by atoms with Gasteiger partial charge in [0.25, 0.3) is 0 Å². The molecule has 0 heterocycles. The van der Waals surface area contributed by atoms with Crippen LogP contribution in [-0.4, -0.2) is 17.8 Å². The lowest BCUT2D eigenvalue weighted by Gasteiger charge is -2.11. The Morgan fingerprint density at radius 2 is 2.28 bits per heavy atom. The lowest BCUT2D eigenvalue weighted by molar-refractivity contribution is 0.177. The van der Waals surface area contributed by atoms with E-state index in [4.69, 9.17) is 5.26 Å². The maximum atomic E-state index is 13.1. The van der Waals surface area contributed by atoms with Gasteiger partial charge in [0, 0.05) is 6.54 Å². The van der Waals surface area contributed by atoms with Crippen LogP contribution < -0.4 is 5.32 Å². The van der Waals surface area contributed by atoms with Crippen molar-refractivity contribution in [1.29, 1.82) is 5.26 Å². The van der Waals surface area contributed by atoms with Gasteiger partial charge in [0.05, 0.1) is 11.7 Å². The van der Waals surface area contributed by atoms with Gasteiger partial charge in [0.1, 0.15) is 11.9 Å². The van der Waals surface area contributed by atoms with Crippen molar-refractivity contribution in [2.45, 2.75) is 31.9 Å². The van der Waals surface area contributed by atoms with Crippen molar-refractivity contribution >= 4 is 0 Å². The molecule has 1 fully saturated rings. The second-order valence-corrected chi connectivity index (χ2v) is 4.89. The van der Waals surface area contributed by atoms with Crippen LogP contribution in [0.15, 0.2) is 18.2 Å². The van der Waals surface area contributed by atoms with E-state index >= 15 is 0 Å². The van der Waals surface area contributed by atoms with Crippen LogP contribution in [0.25, 0.3) is 0 Å². The molecule has 0 bridgehead atoms. The molecule has 0 aromatic heterocycles. The van der Waals surface area contributed by atoms with Gasteiger partial charge in [-0.05, 0) is 49.4 Å². The molecule has 3 nitrogen and oxygen atoms in total. The summed E-state index contributed by atoms with van der Waals surface area (Å²) in [5.74, 6) is 0.0519. The van der Waals surface area contributed by atoms with Gasteiger partial charge in [-0.2, -0.15) is 5.26 Å². The van der Waals surface area contributed by atoms with Crippen molar-refractivity contribution in [2.75, 3.05) is 6.54 Å². The first-order chi connectivity index (χ1) is 8.69. The van der Waals surface area contributed by atoms with Gasteiger partial charge in [-0.15, -0.1) is 0 Å². The van der Waals surface area contributed by atoms with Gasteiger partial charge in [-0.1, -0.05) is 6.07 Å². The number of halogens is 1. The molecule has 2 unspecified atom stereocenters. The fourth-order valence-corrected chi connectivity index (χ4v) is 2.42. The minimum absolute atomic E-state index is 0.0885. The molecule has 96 valence electrons. The van der Waals surface area contributed by atoms with E-state index < -0.39 is 5.82 Å². The van der Waals surface area contributed by atoms with Gasteiger partial charge < -0.3 is 10.4 Å². The summed E-state index contributed by atoms with van der Waals surface area (Å²) in [6.45, 7) is 1.48. The fraction of sp³-hybridized carbons (Fsp3) is 0.500. The number of nitriles is 1. The van der Waals surface area contributed by atoms with Crippen LogP contribution in [0.2, 0.25) is 0 Å². The Balaban J connectivity index is 1.82. The smallest absolute Gasteiger partial charge is 0.140 e. The van der Waals surface area contributed by atoms with Gasteiger partial charge >= 0.3 is 0 Å². The summed E-state index contributed by atoms with van der Waals surface area (Å²) in [5.41, 5.74) is 0.997. The second kappa shape index (κ2) is 5.94. The molecule has 0 radical (unpaired) electrons. The molecular formula is C14H17FN2O. The highest BCUT2D eigenvalue weighted by Gasteiger charge is 2.21. The molecule has 1 aliphatic carbocycles. The number of hydrogen-bond acceptors (Lipinski definition) is 3. The Labute approximate surface area is 106 Å². The van der Waals surface area contributed by atoms with E-state index in [0.717, 1.165) is 31.4 Å². The summed E-state index contributed by atoms with van der Waals surface area (Å²) < 4.78 is 13.1. The van der Waals surface area contributed by atoms with Gasteiger partial charge in [-0.3, -0.25) is 0 Å². The minimum atomic E-state index is -0.472. The van der Waals surface area contributed by atoms with E-state index in [1.54, 1.807) is 12.1 Å². The first-order valence-corrected chi connectivity index (χ1v) is 6.26. The highest BCUT2D eigenvalue weighted by atomic mass is 19.1. The monoisotopic (exact) mass is 248 g/mol. The maximum Gasteiger partial charge on any atom is 0.140 e. The Morgan fingerprint density at radius 1 is 1.44 bits per heavy atom. The lowest BCUT2D eigenvalue weighted by atomic mass is 10.1. The second-order valence-electron chi connectivity index (χ2n) is 4.89. The third-order valence-electron chi connectivity index (χ3n) is 3.43. The van der Waals surface area contributed by atoms with E-state index in [-0.39, 0.29) is 11.7 Å². The molecule has 0 spiro atoms. The van der Waals surface area contributed by atoms with Crippen molar-refractivity contribution in [2.24, 2.45) is 5.92 Å². The zero-order valence-corrected chi connectivity index (χ0v) is 10.2. The van der Waals surface area contributed by atoms with Crippen molar-refractivity contribution < 1.29 is 9.50 Å². The van der Waals surface area contributed by atoms with Gasteiger partial charge in [0.2, 0.25) is 0 Å². The Hall–Kier alpha value is -1.44. The summed E-state index contributed by atoms with van der Waals surface area (Å²) in [7, 11) is 0. The molecule has 4 heteroatoms. The molecule has 0 aliphatic heterocycles. The van der Waals surface area contributed by atoms with Crippen molar-refractivity contribution in [1.82, 2.24) is 5.32 Å². The van der Waals surface area contributed by atoms with Crippen LogP contribution in [0.5, 0.6) is 0 Å². The van der Waals surface area contributed by atoms with Crippen LogP contribution in [-0.2, 0) is 6.54 Å². The zero-order chi connectivity index (χ0) is 13.0. The van der Waals surface area contributed by atoms with Crippen molar-refractivity contribution in [3.05, 3.63) is 35.1 Å². The zero-order valence-electron chi connectivity index (χ0n) is 10.2. The molecule has 18 heavy (non-hydrogen) atoms. The summed E-state index contributed by atoms with van der Waals surface area (Å²) in [4.78, 5) is 0. The Bertz CT molecular complexity index is 456. The normalized spacial score (nSPS) is 22.9. The third-order valence-corrected chi connectivity index (χ3v) is 3.43. The first-order valence-electron chi connectivity index (χ1n) is 6.26. The van der Waals surface area contributed by atoms with Crippen LogP contribution in [0.1, 0.15) is 30.4 Å². The fourth-order valence-electron chi connectivity index (χ4n) is 2.42. The summed E-state index contributed by atoms with van der Waals surface area (Å²) in [5, 5.41) is 21.4. The predicted molar refractivity (Wildman–Crippen MR) is 66.2 cm³/mol. The third kappa shape index (κ3) is 3.28. The van der Waals surface area contributed by atoms with Crippen LogP contribution in [0, 0.1) is 23.1 Å². The molecule has 1 saturated carbocycles. The number of nitrogens with one attached hydrogen (secondary N) is 1. The minimum Gasteiger partial charge on any atom is -0.393 e. The highest BCUT2D eigenvalue weighted by Crippen LogP contribution is 2.24. The summed E-state index contributed by atoms with van der Waals surface area (Å²) in [6.07, 6.45) is 2.66. The predicted octanol–water partition coefficient (Wildman–Crippen LogP) is 1.95. The van der Waals surface area contributed by atoms with E-state index in [1.165, 1.54) is 6.07 Å². The molecule has 1 aromatic carbocycles.